The molecule has 0 spiro atoms. The summed E-state index contributed by atoms with van der Waals surface area (Å²) in [5, 5.41) is 1.54. The van der Waals surface area contributed by atoms with Crippen LogP contribution >= 0.6 is 11.6 Å². The van der Waals surface area contributed by atoms with Gasteiger partial charge < -0.3 is 9.15 Å². The first-order chi connectivity index (χ1) is 10.1. The van der Waals surface area contributed by atoms with Crippen LogP contribution in [0.25, 0.3) is 11.0 Å². The lowest BCUT2D eigenvalue weighted by Crippen LogP contribution is -2.05. The van der Waals surface area contributed by atoms with Gasteiger partial charge in [-0.05, 0) is 30.7 Å². The van der Waals surface area contributed by atoms with Crippen LogP contribution in [-0.4, -0.2) is 5.97 Å². The van der Waals surface area contributed by atoms with E-state index in [-0.39, 0.29) is 12.4 Å². The maximum absolute atomic E-state index is 12.1. The summed E-state index contributed by atoms with van der Waals surface area (Å²) >= 11 is 5.90. The molecule has 0 saturated carbocycles. The lowest BCUT2D eigenvalue weighted by molar-refractivity contribution is 0.0437. The molecule has 0 fully saturated rings. The van der Waals surface area contributed by atoms with E-state index in [1.165, 1.54) is 0 Å². The average molecular weight is 301 g/mol. The summed E-state index contributed by atoms with van der Waals surface area (Å²) in [6, 6.07) is 14.7. The fourth-order valence-electron chi connectivity index (χ4n) is 2.21. The molecule has 0 N–H and O–H groups in total. The van der Waals surface area contributed by atoms with Crippen molar-refractivity contribution < 1.29 is 13.9 Å². The number of benzene rings is 2. The monoisotopic (exact) mass is 300 g/mol. The number of carbonyl (C=O) groups excluding carboxylic acids is 1. The molecule has 4 heteroatoms. The van der Waals surface area contributed by atoms with Crippen molar-refractivity contribution in [2.75, 3.05) is 0 Å². The first kappa shape index (κ1) is 13.7. The van der Waals surface area contributed by atoms with Gasteiger partial charge in [0.15, 0.2) is 0 Å². The van der Waals surface area contributed by atoms with E-state index in [2.05, 4.69) is 0 Å². The van der Waals surface area contributed by atoms with Crippen LogP contribution in [0.2, 0.25) is 5.02 Å². The zero-order valence-corrected chi connectivity index (χ0v) is 12.2. The number of furan rings is 1. The Morgan fingerprint density at radius 3 is 2.76 bits per heavy atom. The number of aryl methyl sites for hydroxylation is 1. The molecule has 0 radical (unpaired) electrons. The topological polar surface area (TPSA) is 39.4 Å². The van der Waals surface area contributed by atoms with Crippen molar-refractivity contribution in [3.8, 4) is 0 Å². The summed E-state index contributed by atoms with van der Waals surface area (Å²) in [7, 11) is 0. The smallest absolute Gasteiger partial charge is 0.374 e. The summed E-state index contributed by atoms with van der Waals surface area (Å²) in [5.74, 6) is -0.220. The van der Waals surface area contributed by atoms with E-state index in [4.69, 9.17) is 20.8 Å². The molecule has 0 saturated heterocycles. The number of rotatable bonds is 3. The SMILES string of the molecule is Cc1c(C(=O)OCc2cccc(Cl)c2)oc2ccccc12. The zero-order valence-electron chi connectivity index (χ0n) is 11.4. The summed E-state index contributed by atoms with van der Waals surface area (Å²) in [5.41, 5.74) is 2.32. The number of para-hydroxylation sites is 1. The van der Waals surface area contributed by atoms with Gasteiger partial charge in [-0.2, -0.15) is 0 Å². The van der Waals surface area contributed by atoms with Crippen LogP contribution in [0.15, 0.2) is 52.9 Å². The normalized spacial score (nSPS) is 10.8. The van der Waals surface area contributed by atoms with Crippen molar-refractivity contribution in [1.82, 2.24) is 0 Å². The molecule has 0 atom stereocenters. The zero-order chi connectivity index (χ0) is 14.8. The number of carbonyl (C=O) groups is 1. The minimum atomic E-state index is -0.469. The molecule has 3 nitrogen and oxygen atoms in total. The predicted octanol–water partition coefficient (Wildman–Crippen LogP) is 4.75. The van der Waals surface area contributed by atoms with Gasteiger partial charge in [-0.25, -0.2) is 4.79 Å². The second-order valence-corrected chi connectivity index (χ2v) is 5.19. The molecular formula is C17H13ClO3. The van der Waals surface area contributed by atoms with E-state index in [9.17, 15) is 4.79 Å². The molecule has 106 valence electrons. The van der Waals surface area contributed by atoms with E-state index in [1.807, 2.05) is 43.3 Å². The third-order valence-corrected chi connectivity index (χ3v) is 3.52. The van der Waals surface area contributed by atoms with Gasteiger partial charge in [0.2, 0.25) is 5.76 Å². The molecule has 1 aromatic heterocycles. The van der Waals surface area contributed by atoms with Gasteiger partial charge in [0.1, 0.15) is 12.2 Å². The van der Waals surface area contributed by atoms with E-state index in [1.54, 1.807) is 12.1 Å². The van der Waals surface area contributed by atoms with E-state index >= 15 is 0 Å². The number of halogens is 1. The Hall–Kier alpha value is -2.26. The molecule has 21 heavy (non-hydrogen) atoms. The van der Waals surface area contributed by atoms with Gasteiger partial charge in [-0.15, -0.1) is 0 Å². The third kappa shape index (κ3) is 2.78. The maximum Gasteiger partial charge on any atom is 0.374 e. The highest BCUT2D eigenvalue weighted by Crippen LogP contribution is 2.25. The standard InChI is InChI=1S/C17H13ClO3/c1-11-14-7-2-3-8-15(14)21-16(11)17(19)20-10-12-5-4-6-13(18)9-12/h2-9H,10H2,1H3. The van der Waals surface area contributed by atoms with E-state index in [0.717, 1.165) is 16.5 Å². The third-order valence-electron chi connectivity index (χ3n) is 3.29. The van der Waals surface area contributed by atoms with Gasteiger partial charge in [-0.1, -0.05) is 41.9 Å². The maximum atomic E-state index is 12.1. The Bertz CT molecular complexity index is 805. The van der Waals surface area contributed by atoms with Gasteiger partial charge in [-0.3, -0.25) is 0 Å². The fraction of sp³-hybridized carbons (Fsp3) is 0.118. The van der Waals surface area contributed by atoms with Crippen LogP contribution < -0.4 is 0 Å². The number of hydrogen-bond donors (Lipinski definition) is 0. The highest BCUT2D eigenvalue weighted by Gasteiger charge is 2.18. The largest absolute Gasteiger partial charge is 0.455 e. The van der Waals surface area contributed by atoms with Gasteiger partial charge >= 0.3 is 5.97 Å². The number of hydrogen-bond acceptors (Lipinski definition) is 3. The highest BCUT2D eigenvalue weighted by atomic mass is 35.5. The van der Waals surface area contributed by atoms with Crippen LogP contribution in [0.1, 0.15) is 21.7 Å². The van der Waals surface area contributed by atoms with Gasteiger partial charge in [0.25, 0.3) is 0 Å². The quantitative estimate of drug-likeness (QED) is 0.655. The molecule has 0 aliphatic heterocycles. The first-order valence-electron chi connectivity index (χ1n) is 6.55. The van der Waals surface area contributed by atoms with Crippen LogP contribution in [0.5, 0.6) is 0 Å². The van der Waals surface area contributed by atoms with Crippen LogP contribution in [0.4, 0.5) is 0 Å². The number of ether oxygens (including phenoxy) is 1. The number of fused-ring (bicyclic) bond motifs is 1. The van der Waals surface area contributed by atoms with Crippen LogP contribution in [0, 0.1) is 6.92 Å². The van der Waals surface area contributed by atoms with Gasteiger partial charge in [0.05, 0.1) is 0 Å². The Kier molecular flexibility index (Phi) is 3.67. The molecule has 3 rings (SSSR count). The Labute approximate surface area is 127 Å². The minimum absolute atomic E-state index is 0.163. The minimum Gasteiger partial charge on any atom is -0.455 e. The summed E-state index contributed by atoms with van der Waals surface area (Å²) in [6.45, 7) is 2.01. The Morgan fingerprint density at radius 1 is 1.19 bits per heavy atom. The highest BCUT2D eigenvalue weighted by molar-refractivity contribution is 6.30. The van der Waals surface area contributed by atoms with Crippen molar-refractivity contribution in [3.05, 3.63) is 70.4 Å². The molecule has 0 amide bonds. The molecule has 3 aromatic rings. The Balaban J connectivity index is 1.79. The van der Waals surface area contributed by atoms with Crippen molar-refractivity contribution in [2.45, 2.75) is 13.5 Å². The fourth-order valence-corrected chi connectivity index (χ4v) is 2.42. The van der Waals surface area contributed by atoms with Crippen LogP contribution in [0.3, 0.4) is 0 Å². The summed E-state index contributed by atoms with van der Waals surface area (Å²) in [4.78, 5) is 12.1. The first-order valence-corrected chi connectivity index (χ1v) is 6.92. The van der Waals surface area contributed by atoms with Crippen molar-refractivity contribution in [2.24, 2.45) is 0 Å². The van der Waals surface area contributed by atoms with Gasteiger partial charge in [0, 0.05) is 16.0 Å². The lowest BCUT2D eigenvalue weighted by atomic mass is 10.1. The van der Waals surface area contributed by atoms with Crippen molar-refractivity contribution >= 4 is 28.5 Å². The van der Waals surface area contributed by atoms with Crippen molar-refractivity contribution in [1.29, 1.82) is 0 Å². The number of esters is 1. The second-order valence-electron chi connectivity index (χ2n) is 4.76. The second kappa shape index (κ2) is 5.62. The molecule has 0 unspecified atom stereocenters. The van der Waals surface area contributed by atoms with Crippen LogP contribution in [-0.2, 0) is 11.3 Å². The summed E-state index contributed by atoms with van der Waals surface area (Å²) in [6.07, 6.45) is 0. The summed E-state index contributed by atoms with van der Waals surface area (Å²) < 4.78 is 10.9. The average Bonchev–Trinajstić information content (AvgIpc) is 2.83. The lowest BCUT2D eigenvalue weighted by Gasteiger charge is -2.04. The van der Waals surface area contributed by atoms with E-state index in [0.29, 0.717) is 10.6 Å². The molecule has 2 aromatic carbocycles. The van der Waals surface area contributed by atoms with Crippen molar-refractivity contribution in [3.63, 3.8) is 0 Å². The molecule has 0 bridgehead atoms. The predicted molar refractivity (Wildman–Crippen MR) is 81.5 cm³/mol. The molecule has 0 aliphatic rings. The molecule has 1 heterocycles. The Morgan fingerprint density at radius 2 is 2.00 bits per heavy atom. The molecular weight excluding hydrogens is 288 g/mol. The van der Waals surface area contributed by atoms with E-state index < -0.39 is 5.97 Å². The molecule has 0 aliphatic carbocycles.